The smallest absolute Gasteiger partial charge is 0.336 e. The summed E-state index contributed by atoms with van der Waals surface area (Å²) in [5.41, 5.74) is 5.79. The molecule has 0 aliphatic heterocycles. The predicted octanol–water partition coefficient (Wildman–Crippen LogP) is 6.14. The van der Waals surface area contributed by atoms with Gasteiger partial charge in [-0.3, -0.25) is 4.79 Å². The highest BCUT2D eigenvalue weighted by Crippen LogP contribution is 2.20. The number of carbonyl (C=O) groups excluding carboxylic acids is 2. The maximum atomic E-state index is 13.4. The summed E-state index contributed by atoms with van der Waals surface area (Å²) in [5, 5.41) is 13.9. The van der Waals surface area contributed by atoms with Gasteiger partial charge in [0.15, 0.2) is 12.2 Å². The molecule has 2 rings (SSSR count). The molecule has 0 aliphatic carbocycles. The van der Waals surface area contributed by atoms with Gasteiger partial charge in [-0.15, -0.1) is 0 Å². The molecule has 2 atom stereocenters. The normalized spacial score (nSPS) is 12.4. The highest BCUT2D eigenvalue weighted by atomic mass is 35.5. The lowest BCUT2D eigenvalue weighted by molar-refractivity contribution is -0.177. The summed E-state index contributed by atoms with van der Waals surface area (Å²) in [5.74, 6) is -2.58. The van der Waals surface area contributed by atoms with Crippen molar-refractivity contribution in [3.63, 3.8) is 0 Å². The number of carboxylic acid groups (broad SMARTS) is 1. The summed E-state index contributed by atoms with van der Waals surface area (Å²) in [7, 11) is 1.62. The average Bonchev–Trinajstić information content (AvgIpc) is 2.98. The van der Waals surface area contributed by atoms with Crippen LogP contribution in [0, 0.1) is 20.8 Å². The van der Waals surface area contributed by atoms with Crippen molar-refractivity contribution in [1.82, 2.24) is 4.90 Å². The zero-order valence-corrected chi connectivity index (χ0v) is 27.6. The highest BCUT2D eigenvalue weighted by molar-refractivity contribution is 6.31. The summed E-state index contributed by atoms with van der Waals surface area (Å²) >= 11 is 6.19. The molecule has 10 heteroatoms. The fraction of sp³-hybridized carbons (Fsp3) is 0.559. The van der Waals surface area contributed by atoms with Gasteiger partial charge in [0.1, 0.15) is 6.61 Å². The summed E-state index contributed by atoms with van der Waals surface area (Å²) in [4.78, 5) is 38.9. The molecule has 0 bridgehead atoms. The van der Waals surface area contributed by atoms with E-state index < -0.39 is 36.7 Å². The number of nitrogens with one attached hydrogen (secondary N) is 1. The standard InChI is InChI=1S/C34H49ClN2O7/c1-6-42-30(38)23-44-32(34(40)41)31(43-20-12-7-9-13-27-16-14-24(2)26(4)21-27)33(39)37(5)19-11-8-10-18-36-28-17-15-25(3)29(35)22-28/h14-17,21-22,31-32,36H,6-13,18-20,23H2,1-5H3,(H,40,41). The van der Waals surface area contributed by atoms with E-state index >= 15 is 0 Å². The van der Waals surface area contributed by atoms with E-state index in [1.54, 1.807) is 14.0 Å². The number of anilines is 1. The van der Waals surface area contributed by atoms with Crippen LogP contribution in [-0.4, -0.2) is 80.0 Å². The highest BCUT2D eigenvalue weighted by Gasteiger charge is 2.38. The number of aryl methyl sites for hydroxylation is 4. The predicted molar refractivity (Wildman–Crippen MR) is 173 cm³/mol. The molecule has 0 spiro atoms. The molecule has 2 N–H and O–H groups in total. The Hall–Kier alpha value is -3.14. The monoisotopic (exact) mass is 632 g/mol. The first kappa shape index (κ1) is 37.0. The van der Waals surface area contributed by atoms with Crippen molar-refractivity contribution in [2.24, 2.45) is 0 Å². The van der Waals surface area contributed by atoms with Crippen molar-refractivity contribution in [3.8, 4) is 0 Å². The van der Waals surface area contributed by atoms with Crippen molar-refractivity contribution in [3.05, 3.63) is 63.7 Å². The van der Waals surface area contributed by atoms with Gasteiger partial charge in [-0.25, -0.2) is 9.59 Å². The molecule has 0 saturated heterocycles. The Morgan fingerprint density at radius 1 is 0.886 bits per heavy atom. The molecular formula is C34H49ClN2O7. The maximum Gasteiger partial charge on any atom is 0.336 e. The number of nitrogens with zero attached hydrogens (tertiary/aromatic N) is 1. The molecule has 2 aromatic rings. The number of halogens is 1. The van der Waals surface area contributed by atoms with Crippen LogP contribution in [0.15, 0.2) is 36.4 Å². The number of hydrogen-bond donors (Lipinski definition) is 2. The Bertz CT molecular complexity index is 1210. The van der Waals surface area contributed by atoms with Crippen molar-refractivity contribution in [1.29, 1.82) is 0 Å². The Labute approximate surface area is 267 Å². The van der Waals surface area contributed by atoms with Crippen LogP contribution in [-0.2, 0) is 35.0 Å². The van der Waals surface area contributed by atoms with E-state index in [-0.39, 0.29) is 13.2 Å². The first-order valence-electron chi connectivity index (χ1n) is 15.5. The molecule has 0 aromatic heterocycles. The first-order chi connectivity index (χ1) is 21.0. The number of aliphatic carboxylic acids is 1. The SMILES string of the molecule is CCOC(=O)COC(C(=O)O)C(OCCCCCc1ccc(C)c(C)c1)C(=O)N(C)CCCCCNc1ccc(C)c(Cl)c1. The lowest BCUT2D eigenvalue weighted by Crippen LogP contribution is -2.50. The number of unbranched alkanes of at least 4 members (excludes halogenated alkanes) is 4. The second kappa shape index (κ2) is 20.0. The molecule has 0 aliphatic rings. The Morgan fingerprint density at radius 3 is 2.30 bits per heavy atom. The topological polar surface area (TPSA) is 114 Å². The van der Waals surface area contributed by atoms with Gasteiger partial charge in [-0.05, 0) is 101 Å². The second-order valence-corrected chi connectivity index (χ2v) is 11.5. The number of ether oxygens (including phenoxy) is 3. The van der Waals surface area contributed by atoms with Gasteiger partial charge in [0.25, 0.3) is 5.91 Å². The molecule has 0 saturated carbocycles. The minimum atomic E-state index is -1.64. The van der Waals surface area contributed by atoms with E-state index in [2.05, 4.69) is 37.4 Å². The van der Waals surface area contributed by atoms with Crippen LogP contribution in [0.3, 0.4) is 0 Å². The minimum Gasteiger partial charge on any atom is -0.479 e. The van der Waals surface area contributed by atoms with E-state index in [0.717, 1.165) is 61.3 Å². The van der Waals surface area contributed by atoms with E-state index in [4.69, 9.17) is 25.8 Å². The zero-order valence-electron chi connectivity index (χ0n) is 26.8. The van der Waals surface area contributed by atoms with E-state index in [1.165, 1.54) is 21.6 Å². The molecule has 9 nitrogen and oxygen atoms in total. The van der Waals surface area contributed by atoms with Crippen LogP contribution >= 0.6 is 11.6 Å². The Balaban J connectivity index is 1.88. The summed E-state index contributed by atoms with van der Waals surface area (Å²) in [6.45, 7) is 8.72. The van der Waals surface area contributed by atoms with Gasteiger partial charge in [-0.2, -0.15) is 0 Å². The molecule has 44 heavy (non-hydrogen) atoms. The largest absolute Gasteiger partial charge is 0.479 e. The van der Waals surface area contributed by atoms with Gasteiger partial charge < -0.3 is 29.5 Å². The number of likely N-dealkylation sites (N-methyl/N-ethyl adjacent to an activating group) is 1. The van der Waals surface area contributed by atoms with Gasteiger partial charge in [0.05, 0.1) is 6.61 Å². The third kappa shape index (κ3) is 13.2. The van der Waals surface area contributed by atoms with Crippen LogP contribution in [0.25, 0.3) is 0 Å². The maximum absolute atomic E-state index is 13.4. The van der Waals surface area contributed by atoms with E-state index in [1.807, 2.05) is 25.1 Å². The second-order valence-electron chi connectivity index (χ2n) is 11.1. The molecule has 0 fully saturated rings. The van der Waals surface area contributed by atoms with Gasteiger partial charge in [0.2, 0.25) is 0 Å². The molecule has 1 amide bonds. The Morgan fingerprint density at radius 2 is 1.61 bits per heavy atom. The van der Waals surface area contributed by atoms with Crippen LogP contribution in [0.4, 0.5) is 5.69 Å². The summed E-state index contributed by atoms with van der Waals surface area (Å²) < 4.78 is 16.1. The fourth-order valence-electron chi connectivity index (χ4n) is 4.63. The van der Waals surface area contributed by atoms with Crippen molar-refractivity contribution >= 4 is 35.1 Å². The number of hydrogen-bond acceptors (Lipinski definition) is 7. The molecule has 0 heterocycles. The third-order valence-electron chi connectivity index (χ3n) is 7.47. The molecule has 0 radical (unpaired) electrons. The lowest BCUT2D eigenvalue weighted by atomic mass is 10.0. The lowest BCUT2D eigenvalue weighted by Gasteiger charge is -2.28. The van der Waals surface area contributed by atoms with Crippen molar-refractivity contribution < 1.29 is 33.7 Å². The van der Waals surface area contributed by atoms with Crippen LogP contribution < -0.4 is 5.32 Å². The van der Waals surface area contributed by atoms with E-state index in [9.17, 15) is 19.5 Å². The number of benzene rings is 2. The number of amides is 1. The van der Waals surface area contributed by atoms with Crippen LogP contribution in [0.2, 0.25) is 5.02 Å². The average molecular weight is 633 g/mol. The van der Waals surface area contributed by atoms with Crippen molar-refractivity contribution in [2.45, 2.75) is 84.8 Å². The molecular weight excluding hydrogens is 584 g/mol. The van der Waals surface area contributed by atoms with Crippen LogP contribution in [0.1, 0.15) is 67.7 Å². The Kier molecular flexibility index (Phi) is 16.8. The summed E-state index contributed by atoms with van der Waals surface area (Å²) in [6, 6.07) is 12.3. The minimum absolute atomic E-state index is 0.137. The number of esters is 1. The quantitative estimate of drug-likeness (QED) is 0.125. The van der Waals surface area contributed by atoms with Gasteiger partial charge in [-0.1, -0.05) is 42.3 Å². The number of rotatable bonds is 21. The summed E-state index contributed by atoms with van der Waals surface area (Å²) in [6.07, 6.45) is 2.82. The first-order valence-corrected chi connectivity index (χ1v) is 15.8. The van der Waals surface area contributed by atoms with Crippen molar-refractivity contribution in [2.75, 3.05) is 45.3 Å². The number of carbonyl (C=O) groups is 3. The van der Waals surface area contributed by atoms with E-state index in [0.29, 0.717) is 13.0 Å². The van der Waals surface area contributed by atoms with Gasteiger partial charge in [0, 0.05) is 37.5 Å². The molecule has 2 unspecified atom stereocenters. The fourth-order valence-corrected chi connectivity index (χ4v) is 4.81. The number of carboxylic acids is 1. The molecule has 2 aromatic carbocycles. The van der Waals surface area contributed by atoms with Crippen LogP contribution in [0.5, 0.6) is 0 Å². The molecule has 244 valence electrons. The van der Waals surface area contributed by atoms with Gasteiger partial charge >= 0.3 is 11.9 Å². The third-order valence-corrected chi connectivity index (χ3v) is 7.88. The zero-order chi connectivity index (χ0) is 32.5.